The summed E-state index contributed by atoms with van der Waals surface area (Å²) in [5.74, 6) is 0.211. The van der Waals surface area contributed by atoms with E-state index in [-0.39, 0.29) is 5.56 Å². The molecule has 2 aromatic heterocycles. The zero-order valence-corrected chi connectivity index (χ0v) is 11.9. The summed E-state index contributed by atoms with van der Waals surface area (Å²) >= 11 is 0. The minimum absolute atomic E-state index is 0.324. The third kappa shape index (κ3) is 1.96. The first-order chi connectivity index (χ1) is 11.2. The minimum Gasteiger partial charge on any atom is -0.340 e. The van der Waals surface area contributed by atoms with Crippen LogP contribution in [-0.4, -0.2) is 19.9 Å². The third-order valence-corrected chi connectivity index (χ3v) is 3.82. The Balaban J connectivity index is 2.22. The molecular weight excluding hydrogens is 297 g/mol. The molecule has 0 aliphatic rings. The number of aromatic nitrogens is 4. The van der Waals surface area contributed by atoms with E-state index in [0.717, 1.165) is 0 Å². The Morgan fingerprint density at radius 2 is 2.13 bits per heavy atom. The number of nitrogens with one attached hydrogen (secondary N) is 2. The van der Waals surface area contributed by atoms with Crippen LogP contribution in [0.5, 0.6) is 0 Å². The zero-order valence-electron chi connectivity index (χ0n) is 11.9. The van der Waals surface area contributed by atoms with Gasteiger partial charge in [-0.1, -0.05) is 0 Å². The molecule has 4 rings (SSSR count). The number of H-pyrrole nitrogens is 2. The van der Waals surface area contributed by atoms with Gasteiger partial charge in [-0.2, -0.15) is 5.26 Å². The number of aromatic amines is 2. The number of nitriles is 1. The first kappa shape index (κ1) is 13.4. The molecule has 0 atom stereocenters. The second kappa shape index (κ2) is 4.88. The molecule has 23 heavy (non-hydrogen) atoms. The van der Waals surface area contributed by atoms with Gasteiger partial charge in [0.25, 0.3) is 5.56 Å². The maximum Gasteiger partial charge on any atom is 0.259 e. The lowest BCUT2D eigenvalue weighted by atomic mass is 10.0. The fourth-order valence-corrected chi connectivity index (χ4v) is 2.85. The van der Waals surface area contributed by atoms with Crippen LogP contribution in [-0.2, 0) is 6.42 Å². The highest BCUT2D eigenvalue weighted by Gasteiger charge is 2.16. The number of benzene rings is 2. The van der Waals surface area contributed by atoms with Crippen molar-refractivity contribution >= 4 is 32.7 Å². The number of rotatable bonds is 2. The predicted molar refractivity (Wildman–Crippen MR) is 83.4 cm³/mol. The summed E-state index contributed by atoms with van der Waals surface area (Å²) < 4.78 is 13.7. The van der Waals surface area contributed by atoms with Crippen molar-refractivity contribution in [3.63, 3.8) is 0 Å². The molecule has 112 valence electrons. The van der Waals surface area contributed by atoms with Crippen LogP contribution in [0.4, 0.5) is 4.39 Å². The first-order valence-electron chi connectivity index (χ1n) is 7.03. The van der Waals surface area contributed by atoms with Crippen molar-refractivity contribution in [3.05, 3.63) is 46.5 Å². The van der Waals surface area contributed by atoms with E-state index in [2.05, 4.69) is 26.0 Å². The predicted octanol–water partition coefficient (Wildman–Crippen LogP) is 2.55. The smallest absolute Gasteiger partial charge is 0.259 e. The summed E-state index contributed by atoms with van der Waals surface area (Å²) in [4.78, 5) is 26.6. The highest BCUT2D eigenvalue weighted by Crippen LogP contribution is 2.31. The summed E-state index contributed by atoms with van der Waals surface area (Å²) in [6, 6.07) is 6.33. The molecule has 0 saturated heterocycles. The molecule has 2 N–H and O–H groups in total. The van der Waals surface area contributed by atoms with Crippen molar-refractivity contribution in [2.75, 3.05) is 0 Å². The molecule has 0 radical (unpaired) electrons. The van der Waals surface area contributed by atoms with Gasteiger partial charge in [-0.25, -0.2) is 14.4 Å². The molecule has 0 saturated carbocycles. The monoisotopic (exact) mass is 307 g/mol. The molecule has 0 amide bonds. The molecule has 2 aromatic carbocycles. The average Bonchev–Trinajstić information content (AvgIpc) is 2.97. The SMILES string of the molecule is N#CCCc1nc2c3ccc(F)cc3c3c(=O)[nH]cnc3c2[nH]1. The number of hydrogen-bond donors (Lipinski definition) is 2. The van der Waals surface area contributed by atoms with E-state index in [0.29, 0.717) is 51.4 Å². The van der Waals surface area contributed by atoms with Crippen molar-refractivity contribution in [1.29, 1.82) is 5.26 Å². The van der Waals surface area contributed by atoms with Gasteiger partial charge in [0.05, 0.1) is 28.8 Å². The Morgan fingerprint density at radius 3 is 2.96 bits per heavy atom. The van der Waals surface area contributed by atoms with E-state index in [9.17, 15) is 9.18 Å². The standard InChI is InChI=1S/C16H10FN5O/c17-8-3-4-9-10(6-8)12-14(19-7-20-16(12)23)15-13(9)21-11(22-15)2-1-5-18/h3-4,6-7H,1-2H2,(H,21,22)(H,19,20,23). The van der Waals surface area contributed by atoms with Crippen LogP contribution in [0, 0.1) is 17.1 Å². The molecule has 2 heterocycles. The molecule has 0 fully saturated rings. The summed E-state index contributed by atoms with van der Waals surface area (Å²) in [7, 11) is 0. The van der Waals surface area contributed by atoms with Gasteiger partial charge < -0.3 is 9.97 Å². The van der Waals surface area contributed by atoms with E-state index in [1.165, 1.54) is 18.5 Å². The Bertz CT molecular complexity index is 1170. The van der Waals surface area contributed by atoms with Crippen LogP contribution >= 0.6 is 0 Å². The summed E-state index contributed by atoms with van der Waals surface area (Å²) in [5.41, 5.74) is 1.36. The highest BCUT2D eigenvalue weighted by atomic mass is 19.1. The number of fused-ring (bicyclic) bond motifs is 6. The van der Waals surface area contributed by atoms with Crippen LogP contribution < -0.4 is 5.56 Å². The van der Waals surface area contributed by atoms with Crippen molar-refractivity contribution in [1.82, 2.24) is 19.9 Å². The van der Waals surface area contributed by atoms with Gasteiger partial charge in [0.15, 0.2) is 0 Å². The number of aryl methyl sites for hydroxylation is 1. The van der Waals surface area contributed by atoms with Crippen molar-refractivity contribution in [3.8, 4) is 6.07 Å². The van der Waals surface area contributed by atoms with E-state index < -0.39 is 5.82 Å². The third-order valence-electron chi connectivity index (χ3n) is 3.82. The average molecular weight is 307 g/mol. The number of nitrogens with zero attached hydrogens (tertiary/aromatic N) is 3. The Hall–Kier alpha value is -3.27. The van der Waals surface area contributed by atoms with Gasteiger partial charge in [-0.15, -0.1) is 0 Å². The van der Waals surface area contributed by atoms with Crippen molar-refractivity contribution in [2.45, 2.75) is 12.8 Å². The molecule has 0 aliphatic heterocycles. The molecule has 7 heteroatoms. The molecule has 6 nitrogen and oxygen atoms in total. The minimum atomic E-state index is -0.429. The first-order valence-corrected chi connectivity index (χ1v) is 7.03. The fraction of sp³-hybridized carbons (Fsp3) is 0.125. The van der Waals surface area contributed by atoms with Crippen LogP contribution in [0.3, 0.4) is 0 Å². The van der Waals surface area contributed by atoms with Gasteiger partial charge in [-0.05, 0) is 18.2 Å². The van der Waals surface area contributed by atoms with E-state index in [1.54, 1.807) is 6.07 Å². The molecule has 0 aliphatic carbocycles. The summed E-state index contributed by atoms with van der Waals surface area (Å²) in [6.07, 6.45) is 2.11. The Kier molecular flexibility index (Phi) is 2.84. The highest BCUT2D eigenvalue weighted by molar-refractivity contribution is 6.21. The lowest BCUT2D eigenvalue weighted by Crippen LogP contribution is -2.07. The van der Waals surface area contributed by atoms with Crippen molar-refractivity contribution in [2.24, 2.45) is 0 Å². The zero-order chi connectivity index (χ0) is 16.0. The van der Waals surface area contributed by atoms with Gasteiger partial charge in [0, 0.05) is 23.6 Å². The maximum absolute atomic E-state index is 13.7. The van der Waals surface area contributed by atoms with E-state index in [1.807, 2.05) is 0 Å². The lowest BCUT2D eigenvalue weighted by molar-refractivity contribution is 0.630. The Labute approximate surface area is 128 Å². The summed E-state index contributed by atoms with van der Waals surface area (Å²) in [5, 5.41) is 10.2. The maximum atomic E-state index is 13.7. The quantitative estimate of drug-likeness (QED) is 0.556. The Morgan fingerprint density at radius 1 is 1.26 bits per heavy atom. The molecule has 4 aromatic rings. The number of hydrogen-bond acceptors (Lipinski definition) is 4. The fourth-order valence-electron chi connectivity index (χ4n) is 2.85. The molecule has 0 bridgehead atoms. The molecular formula is C16H10FN5O. The molecule has 0 unspecified atom stereocenters. The number of halogens is 1. The van der Waals surface area contributed by atoms with Crippen LogP contribution in [0.15, 0.2) is 29.3 Å². The number of imidazole rings is 1. The van der Waals surface area contributed by atoms with Crippen molar-refractivity contribution < 1.29 is 4.39 Å². The molecule has 0 spiro atoms. The van der Waals surface area contributed by atoms with Gasteiger partial charge in [0.1, 0.15) is 17.2 Å². The van der Waals surface area contributed by atoms with E-state index >= 15 is 0 Å². The largest absolute Gasteiger partial charge is 0.340 e. The van der Waals surface area contributed by atoms with Crippen LogP contribution in [0.25, 0.3) is 32.7 Å². The second-order valence-corrected chi connectivity index (χ2v) is 5.21. The lowest BCUT2D eigenvalue weighted by Gasteiger charge is -2.04. The van der Waals surface area contributed by atoms with Crippen LogP contribution in [0.2, 0.25) is 0 Å². The summed E-state index contributed by atoms with van der Waals surface area (Å²) in [6.45, 7) is 0. The second-order valence-electron chi connectivity index (χ2n) is 5.21. The van der Waals surface area contributed by atoms with Gasteiger partial charge in [0.2, 0.25) is 0 Å². The van der Waals surface area contributed by atoms with Gasteiger partial charge in [-0.3, -0.25) is 4.79 Å². The van der Waals surface area contributed by atoms with Crippen LogP contribution in [0.1, 0.15) is 12.2 Å². The normalized spacial score (nSPS) is 11.3. The topological polar surface area (TPSA) is 98.2 Å². The van der Waals surface area contributed by atoms with E-state index in [4.69, 9.17) is 5.26 Å². The van der Waals surface area contributed by atoms with Gasteiger partial charge >= 0.3 is 0 Å².